The van der Waals surface area contributed by atoms with Crippen LogP contribution >= 0.6 is 0 Å². The van der Waals surface area contributed by atoms with Crippen molar-refractivity contribution in [3.8, 4) is 24.2 Å². The smallest absolute Gasteiger partial charge is 0.121 e. The second-order valence-corrected chi connectivity index (χ2v) is 2.58. The molecule has 0 amide bonds. The highest BCUT2D eigenvalue weighted by molar-refractivity contribution is 5.60. The molecular weight excluding hydrogens is 176 g/mol. The van der Waals surface area contributed by atoms with E-state index in [-0.39, 0.29) is 0 Å². The van der Waals surface area contributed by atoms with Gasteiger partial charge in [-0.2, -0.15) is 5.26 Å². The van der Waals surface area contributed by atoms with E-state index in [1.165, 1.54) is 0 Å². The van der Waals surface area contributed by atoms with Crippen LogP contribution < -0.4 is 10.1 Å². The van der Waals surface area contributed by atoms with E-state index < -0.39 is 0 Å². The number of rotatable bonds is 3. The number of nitriles is 1. The largest absolute Gasteiger partial charge is 0.497 e. The van der Waals surface area contributed by atoms with Crippen molar-refractivity contribution < 1.29 is 4.74 Å². The van der Waals surface area contributed by atoms with Gasteiger partial charge in [0.1, 0.15) is 11.8 Å². The number of methoxy groups -OCH3 is 1. The van der Waals surface area contributed by atoms with Crippen molar-refractivity contribution in [1.29, 1.82) is 5.26 Å². The van der Waals surface area contributed by atoms with Crippen LogP contribution in [0.5, 0.6) is 5.75 Å². The van der Waals surface area contributed by atoms with Crippen molar-refractivity contribution in [2.24, 2.45) is 0 Å². The quantitative estimate of drug-likeness (QED) is 0.729. The van der Waals surface area contributed by atoms with Crippen molar-refractivity contribution in [2.75, 3.05) is 19.0 Å². The molecule has 14 heavy (non-hydrogen) atoms. The van der Waals surface area contributed by atoms with E-state index in [0.717, 1.165) is 0 Å². The summed E-state index contributed by atoms with van der Waals surface area (Å²) in [4.78, 5) is 0. The average Bonchev–Trinajstić information content (AvgIpc) is 2.25. The Hall–Kier alpha value is -2.13. The second-order valence-electron chi connectivity index (χ2n) is 2.58. The Labute approximate surface area is 83.3 Å². The zero-order valence-electron chi connectivity index (χ0n) is 7.87. The van der Waals surface area contributed by atoms with Gasteiger partial charge in [0, 0.05) is 6.07 Å². The summed E-state index contributed by atoms with van der Waals surface area (Å²) in [7, 11) is 1.58. The Kier molecular flexibility index (Phi) is 3.41. The van der Waals surface area contributed by atoms with Crippen LogP contribution in [0.1, 0.15) is 5.56 Å². The Bertz CT molecular complexity index is 399. The molecule has 0 saturated carbocycles. The molecule has 0 aliphatic rings. The average molecular weight is 186 g/mol. The second kappa shape index (κ2) is 4.79. The van der Waals surface area contributed by atoms with Crippen molar-refractivity contribution >= 4 is 5.69 Å². The van der Waals surface area contributed by atoms with Crippen molar-refractivity contribution in [3.63, 3.8) is 0 Å². The van der Waals surface area contributed by atoms with Crippen LogP contribution in [0.15, 0.2) is 18.2 Å². The first-order valence-electron chi connectivity index (χ1n) is 4.07. The third-order valence-electron chi connectivity index (χ3n) is 1.73. The lowest BCUT2D eigenvalue weighted by molar-refractivity contribution is 0.415. The predicted molar refractivity (Wildman–Crippen MR) is 55.0 cm³/mol. The van der Waals surface area contributed by atoms with Gasteiger partial charge in [-0.3, -0.25) is 0 Å². The minimum absolute atomic E-state index is 0.391. The van der Waals surface area contributed by atoms with Gasteiger partial charge < -0.3 is 10.1 Å². The van der Waals surface area contributed by atoms with Gasteiger partial charge in [0.05, 0.1) is 24.9 Å². The Morgan fingerprint density at radius 2 is 2.36 bits per heavy atom. The molecule has 0 bridgehead atoms. The number of nitrogens with zero attached hydrogens (tertiary/aromatic N) is 1. The lowest BCUT2D eigenvalue weighted by Crippen LogP contribution is -2.00. The van der Waals surface area contributed by atoms with E-state index in [1.54, 1.807) is 25.3 Å². The van der Waals surface area contributed by atoms with Gasteiger partial charge in [0.25, 0.3) is 0 Å². The minimum atomic E-state index is 0.391. The van der Waals surface area contributed by atoms with Crippen LogP contribution in [0.2, 0.25) is 0 Å². The molecule has 0 aliphatic heterocycles. The molecule has 1 aromatic rings. The molecule has 0 heterocycles. The van der Waals surface area contributed by atoms with Crippen LogP contribution in [0.25, 0.3) is 0 Å². The molecule has 0 fully saturated rings. The first-order valence-corrected chi connectivity index (χ1v) is 4.07. The van der Waals surface area contributed by atoms with E-state index in [2.05, 4.69) is 17.3 Å². The summed E-state index contributed by atoms with van der Waals surface area (Å²) in [5.74, 6) is 3.14. The van der Waals surface area contributed by atoms with E-state index >= 15 is 0 Å². The molecule has 0 atom stereocenters. The molecule has 3 heteroatoms. The molecule has 0 saturated heterocycles. The van der Waals surface area contributed by atoms with Crippen molar-refractivity contribution in [2.45, 2.75) is 0 Å². The maximum absolute atomic E-state index is 8.80. The van der Waals surface area contributed by atoms with E-state index in [4.69, 9.17) is 16.4 Å². The van der Waals surface area contributed by atoms with Crippen LogP contribution in [0.3, 0.4) is 0 Å². The molecule has 0 radical (unpaired) electrons. The number of benzene rings is 1. The van der Waals surface area contributed by atoms with E-state index in [1.807, 2.05) is 0 Å². The van der Waals surface area contributed by atoms with E-state index in [0.29, 0.717) is 23.5 Å². The number of hydrogen-bond acceptors (Lipinski definition) is 3. The van der Waals surface area contributed by atoms with Crippen LogP contribution in [-0.4, -0.2) is 13.7 Å². The fourth-order valence-corrected chi connectivity index (χ4v) is 1.04. The summed E-state index contributed by atoms with van der Waals surface area (Å²) in [6.07, 6.45) is 5.11. The molecule has 0 spiro atoms. The zero-order valence-corrected chi connectivity index (χ0v) is 7.87. The minimum Gasteiger partial charge on any atom is -0.497 e. The molecule has 0 aromatic heterocycles. The van der Waals surface area contributed by atoms with Crippen LogP contribution in [0.4, 0.5) is 5.69 Å². The van der Waals surface area contributed by atoms with Crippen LogP contribution in [0, 0.1) is 23.7 Å². The standard InChI is InChI=1S/C11H10N2O/c1-3-6-13-11-7-10(14-2)5-4-9(11)8-12/h1,4-5,7,13H,6H2,2H3. The van der Waals surface area contributed by atoms with Gasteiger partial charge in [-0.25, -0.2) is 0 Å². The number of terminal acetylenes is 1. The Morgan fingerprint density at radius 3 is 2.93 bits per heavy atom. The summed E-state index contributed by atoms with van der Waals surface area (Å²) in [6, 6.07) is 7.24. The molecule has 0 aliphatic carbocycles. The van der Waals surface area contributed by atoms with E-state index in [9.17, 15) is 0 Å². The highest BCUT2D eigenvalue weighted by atomic mass is 16.5. The van der Waals surface area contributed by atoms with Gasteiger partial charge in [0.15, 0.2) is 0 Å². The topological polar surface area (TPSA) is 45.0 Å². The predicted octanol–water partition coefficient (Wildman–Crippen LogP) is 1.61. The number of anilines is 1. The molecule has 1 aromatic carbocycles. The monoisotopic (exact) mass is 186 g/mol. The summed E-state index contributed by atoms with van der Waals surface area (Å²) < 4.78 is 5.03. The third-order valence-corrected chi connectivity index (χ3v) is 1.73. The Balaban J connectivity index is 2.99. The van der Waals surface area contributed by atoms with Gasteiger partial charge in [0.2, 0.25) is 0 Å². The summed E-state index contributed by atoms with van der Waals surface area (Å²) in [6.45, 7) is 0.391. The summed E-state index contributed by atoms with van der Waals surface area (Å²) in [5, 5.41) is 11.7. The lowest BCUT2D eigenvalue weighted by Gasteiger charge is -2.06. The highest BCUT2D eigenvalue weighted by Crippen LogP contribution is 2.21. The molecule has 1 N–H and O–H groups in total. The normalized spacial score (nSPS) is 8.50. The molecular formula is C11H10N2O. The molecule has 1 rings (SSSR count). The van der Waals surface area contributed by atoms with Crippen molar-refractivity contribution in [3.05, 3.63) is 23.8 Å². The maximum Gasteiger partial charge on any atom is 0.121 e. The third kappa shape index (κ3) is 2.18. The number of hydrogen-bond donors (Lipinski definition) is 1. The van der Waals surface area contributed by atoms with Gasteiger partial charge in [-0.05, 0) is 12.1 Å². The first-order chi connectivity index (χ1) is 6.81. The maximum atomic E-state index is 8.80. The fourth-order valence-electron chi connectivity index (χ4n) is 1.04. The Morgan fingerprint density at radius 1 is 1.57 bits per heavy atom. The highest BCUT2D eigenvalue weighted by Gasteiger charge is 2.02. The summed E-state index contributed by atoms with van der Waals surface area (Å²) >= 11 is 0. The molecule has 70 valence electrons. The first kappa shape index (κ1) is 9.95. The van der Waals surface area contributed by atoms with Crippen LogP contribution in [-0.2, 0) is 0 Å². The fraction of sp³-hybridized carbons (Fsp3) is 0.182. The summed E-state index contributed by atoms with van der Waals surface area (Å²) in [5.41, 5.74) is 1.26. The molecule has 0 unspecified atom stereocenters. The van der Waals surface area contributed by atoms with Gasteiger partial charge in [-0.15, -0.1) is 6.42 Å². The SMILES string of the molecule is C#CCNc1cc(OC)ccc1C#N. The number of ether oxygens (including phenoxy) is 1. The van der Waals surface area contributed by atoms with Gasteiger partial charge in [-0.1, -0.05) is 5.92 Å². The van der Waals surface area contributed by atoms with Crippen molar-refractivity contribution in [1.82, 2.24) is 0 Å². The zero-order chi connectivity index (χ0) is 10.4. The number of nitrogens with one attached hydrogen (secondary N) is 1. The molecule has 3 nitrogen and oxygen atoms in total. The lowest BCUT2D eigenvalue weighted by atomic mass is 10.2. The van der Waals surface area contributed by atoms with Gasteiger partial charge >= 0.3 is 0 Å².